The maximum Gasteiger partial charge on any atom is 0.257 e. The van der Waals surface area contributed by atoms with Crippen molar-refractivity contribution in [3.05, 3.63) is 46.2 Å². The molecular formula is C19H25ClN4O3. The Bertz CT molecular complexity index is 867. The molecule has 2 aromatic rings. The smallest absolute Gasteiger partial charge is 0.257 e. The average molecular weight is 393 g/mol. The minimum atomic E-state index is -0.564. The quantitative estimate of drug-likeness (QED) is 0.613. The van der Waals surface area contributed by atoms with Gasteiger partial charge < -0.3 is 21.4 Å². The van der Waals surface area contributed by atoms with Crippen molar-refractivity contribution in [3.8, 4) is 0 Å². The van der Waals surface area contributed by atoms with Crippen LogP contribution < -0.4 is 21.8 Å². The molecule has 0 bridgehead atoms. The Hall–Kier alpha value is -2.38. The van der Waals surface area contributed by atoms with E-state index in [1.807, 2.05) is 6.07 Å². The van der Waals surface area contributed by atoms with E-state index >= 15 is 0 Å². The summed E-state index contributed by atoms with van der Waals surface area (Å²) in [6.45, 7) is 0.378. The summed E-state index contributed by atoms with van der Waals surface area (Å²) in [5, 5.41) is 5.92. The number of H-pyrrole nitrogens is 1. The summed E-state index contributed by atoms with van der Waals surface area (Å²) in [4.78, 5) is 39.8. The fourth-order valence-corrected chi connectivity index (χ4v) is 3.53. The number of carbonyl (C=O) groups excluding carboxylic acids is 2. The number of carbonyl (C=O) groups is 2. The highest BCUT2D eigenvalue weighted by Crippen LogP contribution is 2.23. The molecule has 0 saturated heterocycles. The summed E-state index contributed by atoms with van der Waals surface area (Å²) < 4.78 is 0. The highest BCUT2D eigenvalue weighted by Gasteiger charge is 2.25. The second-order valence-corrected chi connectivity index (χ2v) is 6.71. The van der Waals surface area contributed by atoms with Crippen LogP contribution in [0.15, 0.2) is 35.3 Å². The van der Waals surface area contributed by atoms with Crippen LogP contribution in [0.25, 0.3) is 10.9 Å². The van der Waals surface area contributed by atoms with Crippen LogP contribution in [0, 0.1) is 5.92 Å². The lowest BCUT2D eigenvalue weighted by Crippen LogP contribution is -2.48. The third kappa shape index (κ3) is 4.87. The van der Waals surface area contributed by atoms with Gasteiger partial charge in [-0.05, 0) is 37.4 Å². The zero-order valence-corrected chi connectivity index (χ0v) is 15.8. The van der Waals surface area contributed by atoms with Gasteiger partial charge in [-0.2, -0.15) is 0 Å². The molecule has 7 nitrogen and oxygen atoms in total. The Morgan fingerprint density at radius 2 is 1.93 bits per heavy atom. The topological polar surface area (TPSA) is 117 Å². The van der Waals surface area contributed by atoms with Gasteiger partial charge in [0.1, 0.15) is 5.56 Å². The number of para-hydroxylation sites is 1. The summed E-state index contributed by atoms with van der Waals surface area (Å²) in [7, 11) is 0. The van der Waals surface area contributed by atoms with Crippen LogP contribution in [0.3, 0.4) is 0 Å². The van der Waals surface area contributed by atoms with Gasteiger partial charge in [0.2, 0.25) is 11.3 Å². The van der Waals surface area contributed by atoms with Gasteiger partial charge in [-0.1, -0.05) is 25.0 Å². The molecule has 0 spiro atoms. The third-order valence-electron chi connectivity index (χ3n) is 5.00. The molecule has 1 aromatic carbocycles. The molecule has 5 N–H and O–H groups in total. The lowest BCUT2D eigenvalue weighted by atomic mass is 9.84. The number of hydrogen-bond donors (Lipinski definition) is 4. The van der Waals surface area contributed by atoms with Crippen LogP contribution in [-0.4, -0.2) is 35.9 Å². The van der Waals surface area contributed by atoms with E-state index in [0.717, 1.165) is 25.7 Å². The fraction of sp³-hybridized carbons (Fsp3) is 0.421. The molecule has 27 heavy (non-hydrogen) atoms. The van der Waals surface area contributed by atoms with Crippen molar-refractivity contribution in [3.63, 3.8) is 0 Å². The van der Waals surface area contributed by atoms with E-state index in [9.17, 15) is 14.4 Å². The number of halogens is 1. The van der Waals surface area contributed by atoms with Crippen LogP contribution in [-0.2, 0) is 4.79 Å². The molecule has 2 atom stereocenters. The number of aromatic amines is 1. The van der Waals surface area contributed by atoms with Crippen molar-refractivity contribution in [1.29, 1.82) is 0 Å². The third-order valence-corrected chi connectivity index (χ3v) is 5.00. The molecular weight excluding hydrogens is 368 g/mol. The summed E-state index contributed by atoms with van der Waals surface area (Å²) in [6.07, 6.45) is 5.51. The van der Waals surface area contributed by atoms with E-state index < -0.39 is 5.91 Å². The van der Waals surface area contributed by atoms with Gasteiger partial charge in [-0.25, -0.2) is 0 Å². The average Bonchev–Trinajstić information content (AvgIpc) is 2.67. The molecule has 1 aromatic heterocycles. The molecule has 1 aliphatic carbocycles. The standard InChI is InChI=1S/C19H24N4O3.ClH/c20-9-12-5-1-3-7-15(12)23-17(24)11-22-19(26)14-10-21-16-8-4-2-6-13(16)18(14)25;/h2,4,6,8,10,12,15H,1,3,5,7,9,11,20H2,(H,21,25)(H,22,26)(H,23,24);1H. The zero-order valence-electron chi connectivity index (χ0n) is 15.0. The highest BCUT2D eigenvalue weighted by molar-refractivity contribution is 5.98. The van der Waals surface area contributed by atoms with Gasteiger partial charge in [0.15, 0.2) is 0 Å². The fourth-order valence-electron chi connectivity index (χ4n) is 3.53. The number of pyridine rings is 1. The summed E-state index contributed by atoms with van der Waals surface area (Å²) >= 11 is 0. The Morgan fingerprint density at radius 1 is 1.19 bits per heavy atom. The Labute approximate surface area is 163 Å². The van der Waals surface area contributed by atoms with Gasteiger partial charge in [0, 0.05) is 23.1 Å². The summed E-state index contributed by atoms with van der Waals surface area (Å²) in [5.41, 5.74) is 6.07. The monoisotopic (exact) mass is 392 g/mol. The molecule has 8 heteroatoms. The van der Waals surface area contributed by atoms with Gasteiger partial charge >= 0.3 is 0 Å². The number of aromatic nitrogens is 1. The second-order valence-electron chi connectivity index (χ2n) is 6.71. The van der Waals surface area contributed by atoms with Crippen LogP contribution in [0.2, 0.25) is 0 Å². The van der Waals surface area contributed by atoms with Crippen LogP contribution in [0.5, 0.6) is 0 Å². The van der Waals surface area contributed by atoms with Gasteiger partial charge in [0.05, 0.1) is 6.54 Å². The summed E-state index contributed by atoms with van der Waals surface area (Å²) in [6, 6.07) is 7.03. The highest BCUT2D eigenvalue weighted by atomic mass is 35.5. The first-order chi connectivity index (χ1) is 12.6. The number of nitrogens with one attached hydrogen (secondary N) is 3. The van der Waals surface area contributed by atoms with Gasteiger partial charge in [0.25, 0.3) is 5.91 Å². The lowest BCUT2D eigenvalue weighted by Gasteiger charge is -2.31. The Morgan fingerprint density at radius 3 is 2.70 bits per heavy atom. The molecule has 146 valence electrons. The normalized spacial score (nSPS) is 19.1. The maximum absolute atomic E-state index is 12.4. The van der Waals surface area contributed by atoms with E-state index in [-0.39, 0.29) is 47.8 Å². The van der Waals surface area contributed by atoms with Crippen molar-refractivity contribution in [2.45, 2.75) is 31.7 Å². The van der Waals surface area contributed by atoms with Crippen LogP contribution in [0.4, 0.5) is 0 Å². The number of hydrogen-bond acceptors (Lipinski definition) is 4. The molecule has 2 amide bonds. The van der Waals surface area contributed by atoms with Gasteiger partial charge in [-0.15, -0.1) is 12.4 Å². The number of rotatable bonds is 5. The second kappa shape index (κ2) is 9.53. The summed E-state index contributed by atoms with van der Waals surface area (Å²) in [5.74, 6) is -0.543. The molecule has 1 heterocycles. The Balaban J connectivity index is 0.00000261. The number of amides is 2. The first-order valence-electron chi connectivity index (χ1n) is 8.98. The van der Waals surface area contributed by atoms with E-state index in [0.29, 0.717) is 17.4 Å². The van der Waals surface area contributed by atoms with Crippen molar-refractivity contribution < 1.29 is 9.59 Å². The molecule has 3 rings (SSSR count). The molecule has 1 saturated carbocycles. The first kappa shape index (κ1) is 20.9. The van der Waals surface area contributed by atoms with Crippen molar-refractivity contribution >= 4 is 35.1 Å². The van der Waals surface area contributed by atoms with Crippen LogP contribution >= 0.6 is 12.4 Å². The molecule has 0 aliphatic heterocycles. The molecule has 0 radical (unpaired) electrons. The lowest BCUT2D eigenvalue weighted by molar-refractivity contribution is -0.121. The van der Waals surface area contributed by atoms with Crippen molar-refractivity contribution in [1.82, 2.24) is 15.6 Å². The SMILES string of the molecule is Cl.NCC1CCCCC1NC(=O)CNC(=O)c1c[nH]c2ccccc2c1=O. The molecule has 2 unspecified atom stereocenters. The van der Waals surface area contributed by atoms with Crippen molar-refractivity contribution in [2.24, 2.45) is 11.7 Å². The molecule has 1 aliphatic rings. The number of benzene rings is 1. The first-order valence-corrected chi connectivity index (χ1v) is 8.98. The van der Waals surface area contributed by atoms with Crippen LogP contribution in [0.1, 0.15) is 36.0 Å². The van der Waals surface area contributed by atoms with E-state index in [1.54, 1.807) is 18.2 Å². The minimum Gasteiger partial charge on any atom is -0.360 e. The number of nitrogens with two attached hydrogens (primary N) is 1. The molecule has 1 fully saturated rings. The zero-order chi connectivity index (χ0) is 18.5. The predicted octanol–water partition coefficient (Wildman–Crippen LogP) is 1.31. The van der Waals surface area contributed by atoms with Crippen molar-refractivity contribution in [2.75, 3.05) is 13.1 Å². The minimum absolute atomic E-state index is 0. The Kier molecular flexibility index (Phi) is 7.38. The number of fused-ring (bicyclic) bond motifs is 1. The van der Waals surface area contributed by atoms with E-state index in [4.69, 9.17) is 5.73 Å². The maximum atomic E-state index is 12.4. The predicted molar refractivity (Wildman–Crippen MR) is 107 cm³/mol. The van der Waals surface area contributed by atoms with Gasteiger partial charge in [-0.3, -0.25) is 14.4 Å². The van der Waals surface area contributed by atoms with E-state index in [1.165, 1.54) is 6.20 Å². The van der Waals surface area contributed by atoms with E-state index in [2.05, 4.69) is 15.6 Å². The largest absolute Gasteiger partial charge is 0.360 e.